The predicted octanol–water partition coefficient (Wildman–Crippen LogP) is 2.45. The number of amides is 1. The second-order valence-corrected chi connectivity index (χ2v) is 5.59. The average Bonchev–Trinajstić information content (AvgIpc) is 2.67. The number of carbonyl (C=O) groups is 1. The Balaban J connectivity index is 1.58. The van der Waals surface area contributed by atoms with Crippen LogP contribution in [0, 0.1) is 0 Å². The van der Waals surface area contributed by atoms with E-state index in [-0.39, 0.29) is 5.91 Å². The highest BCUT2D eigenvalue weighted by Crippen LogP contribution is 2.19. The van der Waals surface area contributed by atoms with E-state index in [1.54, 1.807) is 25.6 Å². The van der Waals surface area contributed by atoms with Gasteiger partial charge in [0, 0.05) is 55.9 Å². The van der Waals surface area contributed by atoms with Crippen molar-refractivity contribution in [2.75, 3.05) is 38.2 Å². The maximum atomic E-state index is 12.4. The third-order valence-corrected chi connectivity index (χ3v) is 4.16. The van der Waals surface area contributed by atoms with E-state index in [1.165, 1.54) is 0 Å². The molecule has 5 heteroatoms. The van der Waals surface area contributed by atoms with Gasteiger partial charge in [-0.2, -0.15) is 0 Å². The van der Waals surface area contributed by atoms with E-state index < -0.39 is 0 Å². The second kappa shape index (κ2) is 7.64. The maximum absolute atomic E-state index is 12.4. The van der Waals surface area contributed by atoms with Crippen molar-refractivity contribution >= 4 is 17.7 Å². The van der Waals surface area contributed by atoms with Gasteiger partial charge in [0.1, 0.15) is 5.75 Å². The van der Waals surface area contributed by atoms with Gasteiger partial charge in [0.15, 0.2) is 0 Å². The lowest BCUT2D eigenvalue weighted by molar-refractivity contribution is -0.126. The van der Waals surface area contributed by atoms with Crippen LogP contribution in [0.4, 0.5) is 5.69 Å². The summed E-state index contributed by atoms with van der Waals surface area (Å²) >= 11 is 0. The molecular weight excluding hydrogens is 302 g/mol. The number of methoxy groups -OCH3 is 1. The van der Waals surface area contributed by atoms with Crippen molar-refractivity contribution in [2.24, 2.45) is 0 Å². The highest BCUT2D eigenvalue weighted by Gasteiger charge is 2.19. The van der Waals surface area contributed by atoms with Gasteiger partial charge in [-0.3, -0.25) is 9.78 Å². The van der Waals surface area contributed by atoms with Crippen LogP contribution in [0.15, 0.2) is 54.9 Å². The van der Waals surface area contributed by atoms with E-state index in [2.05, 4.69) is 9.88 Å². The van der Waals surface area contributed by atoms with Crippen molar-refractivity contribution in [1.82, 2.24) is 9.88 Å². The number of pyridine rings is 1. The minimum atomic E-state index is 0.0373. The van der Waals surface area contributed by atoms with Crippen LogP contribution in [0.5, 0.6) is 5.75 Å². The minimum Gasteiger partial charge on any atom is -0.496 e. The number of nitrogens with zero attached hydrogens (tertiary/aromatic N) is 3. The molecular formula is C19H21N3O2. The molecule has 0 radical (unpaired) electrons. The zero-order chi connectivity index (χ0) is 16.8. The topological polar surface area (TPSA) is 45.7 Å². The summed E-state index contributed by atoms with van der Waals surface area (Å²) in [6.45, 7) is 3.10. The molecule has 124 valence electrons. The number of piperazine rings is 1. The summed E-state index contributed by atoms with van der Waals surface area (Å²) < 4.78 is 5.30. The quantitative estimate of drug-likeness (QED) is 0.811. The fourth-order valence-electron chi connectivity index (χ4n) is 2.81. The summed E-state index contributed by atoms with van der Waals surface area (Å²) in [6.07, 6.45) is 7.03. The number of anilines is 1. The van der Waals surface area contributed by atoms with E-state index in [4.69, 9.17) is 4.74 Å². The SMILES string of the molecule is COc1ccccc1/C=C\C(=O)N1CCN(c2ccncc2)CC1. The van der Waals surface area contributed by atoms with E-state index >= 15 is 0 Å². The monoisotopic (exact) mass is 323 g/mol. The molecule has 1 saturated heterocycles. The van der Waals surface area contributed by atoms with Crippen LogP contribution in [0.1, 0.15) is 5.56 Å². The maximum Gasteiger partial charge on any atom is 0.246 e. The molecule has 0 unspecified atom stereocenters. The van der Waals surface area contributed by atoms with E-state index in [0.717, 1.165) is 43.2 Å². The largest absolute Gasteiger partial charge is 0.496 e. The molecule has 0 bridgehead atoms. The van der Waals surface area contributed by atoms with Crippen LogP contribution in [-0.2, 0) is 4.79 Å². The normalized spacial score (nSPS) is 14.9. The van der Waals surface area contributed by atoms with Crippen molar-refractivity contribution in [1.29, 1.82) is 0 Å². The summed E-state index contributed by atoms with van der Waals surface area (Å²) in [5.41, 5.74) is 2.06. The number of hydrogen-bond donors (Lipinski definition) is 0. The van der Waals surface area contributed by atoms with Gasteiger partial charge in [-0.15, -0.1) is 0 Å². The molecule has 0 N–H and O–H groups in total. The Bertz CT molecular complexity index is 708. The number of ether oxygens (including phenoxy) is 1. The Morgan fingerprint density at radius 2 is 1.79 bits per heavy atom. The molecule has 0 saturated carbocycles. The van der Waals surface area contributed by atoms with Crippen molar-refractivity contribution in [2.45, 2.75) is 0 Å². The lowest BCUT2D eigenvalue weighted by Gasteiger charge is -2.35. The number of hydrogen-bond acceptors (Lipinski definition) is 4. The lowest BCUT2D eigenvalue weighted by atomic mass is 10.2. The van der Waals surface area contributed by atoms with Crippen molar-refractivity contribution in [3.63, 3.8) is 0 Å². The van der Waals surface area contributed by atoms with Gasteiger partial charge < -0.3 is 14.5 Å². The summed E-state index contributed by atoms with van der Waals surface area (Å²) in [4.78, 5) is 20.6. The Hall–Kier alpha value is -2.82. The first-order valence-corrected chi connectivity index (χ1v) is 8.03. The molecule has 2 aromatic rings. The molecule has 5 nitrogen and oxygen atoms in total. The van der Waals surface area contributed by atoms with Crippen molar-refractivity contribution in [3.05, 3.63) is 60.4 Å². The average molecular weight is 323 g/mol. The molecule has 1 amide bonds. The number of para-hydroxylation sites is 1. The fraction of sp³-hybridized carbons (Fsp3) is 0.263. The molecule has 1 aromatic carbocycles. The van der Waals surface area contributed by atoms with E-state index in [1.807, 2.05) is 47.4 Å². The summed E-state index contributed by atoms with van der Waals surface area (Å²) in [7, 11) is 1.63. The minimum absolute atomic E-state index is 0.0373. The second-order valence-electron chi connectivity index (χ2n) is 5.59. The number of rotatable bonds is 4. The van der Waals surface area contributed by atoms with Crippen LogP contribution in [0.25, 0.3) is 6.08 Å². The van der Waals surface area contributed by atoms with Gasteiger partial charge in [-0.05, 0) is 24.3 Å². The van der Waals surface area contributed by atoms with Gasteiger partial charge >= 0.3 is 0 Å². The molecule has 2 heterocycles. The Morgan fingerprint density at radius 3 is 2.50 bits per heavy atom. The van der Waals surface area contributed by atoms with Crippen molar-refractivity contribution in [3.8, 4) is 5.75 Å². The van der Waals surface area contributed by atoms with Gasteiger partial charge in [-0.25, -0.2) is 0 Å². The van der Waals surface area contributed by atoms with Crippen LogP contribution < -0.4 is 9.64 Å². The first kappa shape index (κ1) is 16.1. The standard InChI is InChI=1S/C19H21N3O2/c1-24-18-5-3-2-4-16(18)6-7-19(23)22-14-12-21(13-15-22)17-8-10-20-11-9-17/h2-11H,12-15H2,1H3/b7-6-. The van der Waals surface area contributed by atoms with Crippen LogP contribution in [0.2, 0.25) is 0 Å². The Kier molecular flexibility index (Phi) is 5.11. The van der Waals surface area contributed by atoms with Crippen LogP contribution in [-0.4, -0.2) is 49.1 Å². The number of aromatic nitrogens is 1. The summed E-state index contributed by atoms with van der Waals surface area (Å²) in [6, 6.07) is 11.7. The van der Waals surface area contributed by atoms with Gasteiger partial charge in [-0.1, -0.05) is 18.2 Å². The molecule has 1 aliphatic rings. The van der Waals surface area contributed by atoms with E-state index in [0.29, 0.717) is 0 Å². The molecule has 1 aliphatic heterocycles. The number of carbonyl (C=O) groups excluding carboxylic acids is 1. The summed E-state index contributed by atoms with van der Waals surface area (Å²) in [5, 5.41) is 0. The van der Waals surface area contributed by atoms with Crippen LogP contribution >= 0.6 is 0 Å². The van der Waals surface area contributed by atoms with Crippen molar-refractivity contribution < 1.29 is 9.53 Å². The Morgan fingerprint density at radius 1 is 1.08 bits per heavy atom. The highest BCUT2D eigenvalue weighted by molar-refractivity contribution is 5.92. The number of benzene rings is 1. The molecule has 0 aliphatic carbocycles. The van der Waals surface area contributed by atoms with Gasteiger partial charge in [0.2, 0.25) is 5.91 Å². The molecule has 1 aromatic heterocycles. The third kappa shape index (κ3) is 3.74. The predicted molar refractivity (Wildman–Crippen MR) is 95.1 cm³/mol. The summed E-state index contributed by atoms with van der Waals surface area (Å²) in [5.74, 6) is 0.805. The van der Waals surface area contributed by atoms with E-state index in [9.17, 15) is 4.79 Å². The first-order valence-electron chi connectivity index (χ1n) is 8.03. The molecule has 1 fully saturated rings. The zero-order valence-electron chi connectivity index (χ0n) is 13.8. The Labute approximate surface area is 142 Å². The van der Waals surface area contributed by atoms with Gasteiger partial charge in [0.05, 0.1) is 7.11 Å². The smallest absolute Gasteiger partial charge is 0.246 e. The third-order valence-electron chi connectivity index (χ3n) is 4.16. The lowest BCUT2D eigenvalue weighted by Crippen LogP contribution is -2.48. The molecule has 0 spiro atoms. The highest BCUT2D eigenvalue weighted by atomic mass is 16.5. The first-order chi connectivity index (χ1) is 11.8. The molecule has 3 rings (SSSR count). The van der Waals surface area contributed by atoms with Gasteiger partial charge in [0.25, 0.3) is 0 Å². The van der Waals surface area contributed by atoms with Crippen LogP contribution in [0.3, 0.4) is 0 Å². The molecule has 0 atom stereocenters. The molecule has 24 heavy (non-hydrogen) atoms. The zero-order valence-corrected chi connectivity index (χ0v) is 13.8. The fourth-order valence-corrected chi connectivity index (χ4v) is 2.81.